The van der Waals surface area contributed by atoms with E-state index in [9.17, 15) is 19.5 Å². The maximum absolute atomic E-state index is 12.5. The number of carboxylic acid groups (broad SMARTS) is 1. The van der Waals surface area contributed by atoms with Crippen molar-refractivity contribution in [2.24, 2.45) is 5.92 Å². The minimum absolute atomic E-state index is 0.0473. The molecule has 2 N–H and O–H groups in total. The SMILES string of the molecule is Cc1ccc2c(=O)n([C@@H](CC(C)C)C(=O)O)c(=O)[nH]c2c1. The van der Waals surface area contributed by atoms with Crippen molar-refractivity contribution in [3.63, 3.8) is 0 Å². The Kier molecular flexibility index (Phi) is 3.97. The van der Waals surface area contributed by atoms with Crippen LogP contribution in [0.4, 0.5) is 0 Å². The Labute approximate surface area is 121 Å². The van der Waals surface area contributed by atoms with Crippen molar-refractivity contribution in [1.29, 1.82) is 0 Å². The molecule has 21 heavy (non-hydrogen) atoms. The lowest BCUT2D eigenvalue weighted by Gasteiger charge is -2.17. The predicted octanol–water partition coefficient (Wildman–Crippen LogP) is 1.67. The predicted molar refractivity (Wildman–Crippen MR) is 79.7 cm³/mol. The number of aromatic nitrogens is 2. The van der Waals surface area contributed by atoms with Gasteiger partial charge in [0.05, 0.1) is 10.9 Å². The van der Waals surface area contributed by atoms with Crippen molar-refractivity contribution in [2.75, 3.05) is 0 Å². The maximum Gasteiger partial charge on any atom is 0.329 e. The summed E-state index contributed by atoms with van der Waals surface area (Å²) in [7, 11) is 0. The molecule has 1 aromatic carbocycles. The first-order valence-electron chi connectivity index (χ1n) is 6.79. The summed E-state index contributed by atoms with van der Waals surface area (Å²) in [6, 6.07) is 3.89. The molecular weight excluding hydrogens is 272 g/mol. The van der Waals surface area contributed by atoms with E-state index >= 15 is 0 Å². The summed E-state index contributed by atoms with van der Waals surface area (Å²) in [6.07, 6.45) is 0.218. The molecule has 1 atom stereocenters. The molecule has 112 valence electrons. The van der Waals surface area contributed by atoms with Crippen LogP contribution in [-0.2, 0) is 4.79 Å². The standard InChI is InChI=1S/C15H18N2O4/c1-8(2)6-12(14(19)20)17-13(18)10-5-4-9(3)7-11(10)16-15(17)21/h4-5,7-8,12H,6H2,1-3H3,(H,16,21)(H,19,20)/t12-/m0/s1. The second kappa shape index (κ2) is 5.55. The van der Waals surface area contributed by atoms with Crippen molar-refractivity contribution in [2.45, 2.75) is 33.2 Å². The molecule has 0 unspecified atom stereocenters. The molecule has 0 amide bonds. The number of carboxylic acids is 1. The molecule has 0 radical (unpaired) electrons. The molecule has 1 aromatic heterocycles. The summed E-state index contributed by atoms with van der Waals surface area (Å²) < 4.78 is 0.806. The highest BCUT2D eigenvalue weighted by molar-refractivity contribution is 5.79. The molecule has 0 aliphatic heterocycles. The van der Waals surface area contributed by atoms with Crippen LogP contribution in [0, 0.1) is 12.8 Å². The highest BCUT2D eigenvalue weighted by Gasteiger charge is 2.25. The Morgan fingerprint density at radius 1 is 1.33 bits per heavy atom. The number of nitrogens with zero attached hydrogens (tertiary/aromatic N) is 1. The van der Waals surface area contributed by atoms with Gasteiger partial charge in [0.2, 0.25) is 0 Å². The lowest BCUT2D eigenvalue weighted by Crippen LogP contribution is -2.41. The molecule has 0 spiro atoms. The van der Waals surface area contributed by atoms with E-state index < -0.39 is 23.3 Å². The largest absolute Gasteiger partial charge is 0.480 e. The van der Waals surface area contributed by atoms with Gasteiger partial charge in [-0.2, -0.15) is 0 Å². The van der Waals surface area contributed by atoms with E-state index in [-0.39, 0.29) is 12.3 Å². The first-order valence-corrected chi connectivity index (χ1v) is 6.79. The summed E-state index contributed by atoms with van der Waals surface area (Å²) in [5.41, 5.74) is 0.0788. The fourth-order valence-corrected chi connectivity index (χ4v) is 2.39. The van der Waals surface area contributed by atoms with Crippen molar-refractivity contribution >= 4 is 16.9 Å². The number of H-pyrrole nitrogens is 1. The Hall–Kier alpha value is -2.37. The number of aliphatic carboxylic acids is 1. The summed E-state index contributed by atoms with van der Waals surface area (Å²) >= 11 is 0. The molecule has 0 aliphatic carbocycles. The van der Waals surface area contributed by atoms with Gasteiger partial charge in [-0.15, -0.1) is 0 Å². The van der Waals surface area contributed by atoms with Crippen LogP contribution in [0.5, 0.6) is 0 Å². The molecule has 1 heterocycles. The first kappa shape index (κ1) is 15.0. The van der Waals surface area contributed by atoms with E-state index in [1.54, 1.807) is 18.2 Å². The van der Waals surface area contributed by atoms with Crippen molar-refractivity contribution in [3.8, 4) is 0 Å². The normalized spacial score (nSPS) is 12.8. The smallest absolute Gasteiger partial charge is 0.329 e. The molecule has 0 bridgehead atoms. The van der Waals surface area contributed by atoms with E-state index in [1.807, 2.05) is 20.8 Å². The number of carbonyl (C=O) groups is 1. The average molecular weight is 290 g/mol. The molecule has 6 heteroatoms. The number of aromatic amines is 1. The van der Waals surface area contributed by atoms with Gasteiger partial charge in [0.25, 0.3) is 5.56 Å². The van der Waals surface area contributed by atoms with Crippen molar-refractivity contribution in [3.05, 3.63) is 44.6 Å². The number of nitrogens with one attached hydrogen (secondary N) is 1. The molecule has 2 rings (SSSR count). The lowest BCUT2D eigenvalue weighted by atomic mass is 10.0. The maximum atomic E-state index is 12.5. The third-order valence-corrected chi connectivity index (χ3v) is 3.38. The molecule has 0 saturated carbocycles. The summed E-state index contributed by atoms with van der Waals surface area (Å²) in [4.78, 5) is 38.6. The number of rotatable bonds is 4. The quantitative estimate of drug-likeness (QED) is 0.896. The van der Waals surface area contributed by atoms with Gasteiger partial charge in [0.1, 0.15) is 6.04 Å². The van der Waals surface area contributed by atoms with Gasteiger partial charge < -0.3 is 10.1 Å². The van der Waals surface area contributed by atoms with Gasteiger partial charge in [-0.3, -0.25) is 4.79 Å². The molecular formula is C15H18N2O4. The van der Waals surface area contributed by atoms with Gasteiger partial charge in [0.15, 0.2) is 0 Å². The Bertz CT molecular complexity index is 801. The van der Waals surface area contributed by atoms with E-state index in [0.29, 0.717) is 10.9 Å². The fourth-order valence-electron chi connectivity index (χ4n) is 2.39. The van der Waals surface area contributed by atoms with Crippen LogP contribution in [0.3, 0.4) is 0 Å². The van der Waals surface area contributed by atoms with Crippen LogP contribution in [0.25, 0.3) is 10.9 Å². The van der Waals surface area contributed by atoms with Crippen LogP contribution in [-0.4, -0.2) is 20.6 Å². The lowest BCUT2D eigenvalue weighted by molar-refractivity contribution is -0.141. The second-order valence-electron chi connectivity index (χ2n) is 5.64. The summed E-state index contributed by atoms with van der Waals surface area (Å²) in [5, 5.41) is 9.64. The zero-order chi connectivity index (χ0) is 15.7. The topological polar surface area (TPSA) is 92.2 Å². The second-order valence-corrected chi connectivity index (χ2v) is 5.64. The average Bonchev–Trinajstić information content (AvgIpc) is 2.36. The van der Waals surface area contributed by atoms with Gasteiger partial charge in [0, 0.05) is 0 Å². The van der Waals surface area contributed by atoms with Gasteiger partial charge in [-0.1, -0.05) is 19.9 Å². The first-order chi connectivity index (χ1) is 9.81. The number of fused-ring (bicyclic) bond motifs is 1. The molecule has 0 saturated heterocycles. The minimum Gasteiger partial charge on any atom is -0.480 e. The number of hydrogen-bond donors (Lipinski definition) is 2. The Morgan fingerprint density at radius 2 is 2.00 bits per heavy atom. The van der Waals surface area contributed by atoms with Gasteiger partial charge >= 0.3 is 11.7 Å². The van der Waals surface area contributed by atoms with E-state index in [4.69, 9.17) is 0 Å². The van der Waals surface area contributed by atoms with Crippen LogP contribution in [0.2, 0.25) is 0 Å². The van der Waals surface area contributed by atoms with E-state index in [2.05, 4.69) is 4.98 Å². The van der Waals surface area contributed by atoms with Crippen LogP contribution >= 0.6 is 0 Å². The van der Waals surface area contributed by atoms with Crippen molar-refractivity contribution < 1.29 is 9.90 Å². The van der Waals surface area contributed by atoms with Crippen LogP contribution in [0.15, 0.2) is 27.8 Å². The highest BCUT2D eigenvalue weighted by atomic mass is 16.4. The van der Waals surface area contributed by atoms with E-state index in [0.717, 1.165) is 10.1 Å². The van der Waals surface area contributed by atoms with E-state index in [1.165, 1.54) is 0 Å². The zero-order valence-electron chi connectivity index (χ0n) is 12.2. The minimum atomic E-state index is -1.18. The van der Waals surface area contributed by atoms with Gasteiger partial charge in [-0.25, -0.2) is 14.2 Å². The number of aryl methyl sites for hydroxylation is 1. The third kappa shape index (κ3) is 2.89. The zero-order valence-corrected chi connectivity index (χ0v) is 12.2. The Morgan fingerprint density at radius 3 is 2.57 bits per heavy atom. The van der Waals surface area contributed by atoms with Crippen LogP contribution in [0.1, 0.15) is 31.9 Å². The monoisotopic (exact) mass is 290 g/mol. The van der Waals surface area contributed by atoms with Crippen molar-refractivity contribution in [1.82, 2.24) is 9.55 Å². The molecule has 0 aliphatic rings. The summed E-state index contributed by atoms with van der Waals surface area (Å²) in [6.45, 7) is 5.54. The molecule has 6 nitrogen and oxygen atoms in total. The number of benzene rings is 1. The number of hydrogen-bond acceptors (Lipinski definition) is 3. The van der Waals surface area contributed by atoms with Crippen LogP contribution < -0.4 is 11.2 Å². The fraction of sp³-hybridized carbons (Fsp3) is 0.400. The molecule has 0 fully saturated rings. The van der Waals surface area contributed by atoms with Gasteiger partial charge in [-0.05, 0) is 37.0 Å². The highest BCUT2D eigenvalue weighted by Crippen LogP contribution is 2.16. The molecule has 2 aromatic rings. The summed E-state index contributed by atoms with van der Waals surface area (Å²) in [5.74, 6) is -1.13. The Balaban J connectivity index is 2.74. The third-order valence-electron chi connectivity index (χ3n) is 3.38.